The molecule has 0 radical (unpaired) electrons. The van der Waals surface area contributed by atoms with E-state index in [1.807, 2.05) is 0 Å². The number of aromatic nitrogens is 4. The van der Waals surface area contributed by atoms with Crippen LogP contribution in [0.15, 0.2) is 24.3 Å². The topological polar surface area (TPSA) is 57.7 Å². The van der Waals surface area contributed by atoms with Gasteiger partial charge in [0.15, 0.2) is 0 Å². The first-order valence-corrected chi connectivity index (χ1v) is 12.8. The molecular weight excluding hydrogens is 382 g/mol. The van der Waals surface area contributed by atoms with Gasteiger partial charge in [-0.15, -0.1) is 10.2 Å². The SMILES string of the molecule is CCCCCCCCCCCCCCCCC(C)N(C)c1ccc(-c2nn[nH]n2)cc1. The fraction of sp³-hybridized carbons (Fsp3) is 0.731. The van der Waals surface area contributed by atoms with Gasteiger partial charge in [0.05, 0.1) is 0 Å². The van der Waals surface area contributed by atoms with E-state index in [2.05, 4.69) is 70.7 Å². The summed E-state index contributed by atoms with van der Waals surface area (Å²) in [5.41, 5.74) is 2.23. The van der Waals surface area contributed by atoms with Crippen LogP contribution in [0.2, 0.25) is 0 Å². The molecule has 0 amide bonds. The van der Waals surface area contributed by atoms with E-state index < -0.39 is 0 Å². The van der Waals surface area contributed by atoms with Crippen molar-refractivity contribution in [1.82, 2.24) is 20.6 Å². The number of H-pyrrole nitrogens is 1. The van der Waals surface area contributed by atoms with Crippen LogP contribution in [-0.4, -0.2) is 33.7 Å². The Hall–Kier alpha value is -1.91. The standard InChI is InChI=1S/C26H45N5/c1-4-5-6-7-8-9-10-11-12-13-14-15-16-17-18-23(2)31(3)25-21-19-24(20-22-25)26-27-29-30-28-26/h19-23H,4-18H2,1-3H3,(H,27,28,29,30). The number of nitrogens with zero attached hydrogens (tertiary/aromatic N) is 4. The van der Waals surface area contributed by atoms with Crippen molar-refractivity contribution >= 4 is 5.69 Å². The van der Waals surface area contributed by atoms with E-state index in [-0.39, 0.29) is 0 Å². The number of unbranched alkanes of at least 4 members (excludes halogenated alkanes) is 13. The first-order valence-electron chi connectivity index (χ1n) is 12.8. The smallest absolute Gasteiger partial charge is 0.204 e. The lowest BCUT2D eigenvalue weighted by Crippen LogP contribution is -2.28. The summed E-state index contributed by atoms with van der Waals surface area (Å²) in [6.45, 7) is 4.62. The average molecular weight is 428 g/mol. The summed E-state index contributed by atoms with van der Waals surface area (Å²) >= 11 is 0. The van der Waals surface area contributed by atoms with Crippen LogP contribution in [0.4, 0.5) is 5.69 Å². The first kappa shape index (κ1) is 25.4. The zero-order chi connectivity index (χ0) is 22.2. The second-order valence-corrected chi connectivity index (χ2v) is 9.13. The Morgan fingerprint density at radius 2 is 1.29 bits per heavy atom. The van der Waals surface area contributed by atoms with Gasteiger partial charge in [0.2, 0.25) is 5.82 Å². The molecule has 0 fully saturated rings. The zero-order valence-corrected chi connectivity index (χ0v) is 20.3. The Morgan fingerprint density at radius 1 is 0.774 bits per heavy atom. The van der Waals surface area contributed by atoms with Crippen LogP contribution < -0.4 is 4.90 Å². The summed E-state index contributed by atoms with van der Waals surface area (Å²) < 4.78 is 0. The molecule has 0 spiro atoms. The minimum Gasteiger partial charge on any atom is -0.372 e. The molecule has 0 aliphatic heterocycles. The van der Waals surface area contributed by atoms with Crippen molar-refractivity contribution in [3.05, 3.63) is 24.3 Å². The lowest BCUT2D eigenvalue weighted by Gasteiger charge is -2.27. The second-order valence-electron chi connectivity index (χ2n) is 9.13. The normalized spacial score (nSPS) is 12.2. The number of benzene rings is 1. The van der Waals surface area contributed by atoms with Gasteiger partial charge < -0.3 is 4.90 Å². The molecule has 31 heavy (non-hydrogen) atoms. The number of hydrogen-bond acceptors (Lipinski definition) is 4. The summed E-state index contributed by atoms with van der Waals surface area (Å²) in [5, 5.41) is 14.2. The van der Waals surface area contributed by atoms with E-state index in [1.165, 1.54) is 102 Å². The summed E-state index contributed by atoms with van der Waals surface area (Å²) in [4.78, 5) is 2.38. The lowest BCUT2D eigenvalue weighted by molar-refractivity contribution is 0.518. The third kappa shape index (κ3) is 10.3. The van der Waals surface area contributed by atoms with Gasteiger partial charge in [-0.1, -0.05) is 96.8 Å². The molecule has 1 heterocycles. The molecule has 5 nitrogen and oxygen atoms in total. The van der Waals surface area contributed by atoms with Crippen LogP contribution in [0.3, 0.4) is 0 Å². The minimum absolute atomic E-state index is 0.549. The molecule has 1 N–H and O–H groups in total. The Morgan fingerprint density at radius 3 is 1.77 bits per heavy atom. The molecule has 2 aromatic rings. The largest absolute Gasteiger partial charge is 0.372 e. The van der Waals surface area contributed by atoms with Crippen LogP contribution in [-0.2, 0) is 0 Å². The Bertz CT molecular complexity index is 653. The maximum absolute atomic E-state index is 4.04. The molecule has 5 heteroatoms. The van der Waals surface area contributed by atoms with E-state index in [4.69, 9.17) is 0 Å². The maximum atomic E-state index is 4.04. The van der Waals surface area contributed by atoms with Crippen molar-refractivity contribution in [2.45, 2.75) is 116 Å². The molecule has 174 valence electrons. The molecule has 0 bridgehead atoms. The van der Waals surface area contributed by atoms with E-state index in [9.17, 15) is 0 Å². The summed E-state index contributed by atoms with van der Waals surface area (Å²) in [6, 6.07) is 8.97. The van der Waals surface area contributed by atoms with E-state index >= 15 is 0 Å². The highest BCUT2D eigenvalue weighted by Crippen LogP contribution is 2.22. The second kappa shape index (κ2) is 15.8. The summed E-state index contributed by atoms with van der Waals surface area (Å²) in [5.74, 6) is 0.643. The van der Waals surface area contributed by atoms with Crippen LogP contribution in [0.1, 0.15) is 110 Å². The summed E-state index contributed by atoms with van der Waals surface area (Å²) in [7, 11) is 2.19. The highest BCUT2D eigenvalue weighted by molar-refractivity contribution is 5.59. The molecule has 1 atom stereocenters. The number of aromatic amines is 1. The van der Waals surface area contributed by atoms with E-state index in [0.29, 0.717) is 11.9 Å². The molecule has 1 aromatic carbocycles. The number of hydrogen-bond donors (Lipinski definition) is 1. The van der Waals surface area contributed by atoms with Crippen molar-refractivity contribution in [3.8, 4) is 11.4 Å². The van der Waals surface area contributed by atoms with Gasteiger partial charge in [0, 0.05) is 24.3 Å². The van der Waals surface area contributed by atoms with Gasteiger partial charge in [-0.2, -0.15) is 5.21 Å². The Balaban J connectivity index is 1.46. The van der Waals surface area contributed by atoms with E-state index in [1.54, 1.807) is 0 Å². The Kier molecular flexibility index (Phi) is 12.9. The van der Waals surface area contributed by atoms with Crippen LogP contribution in [0.5, 0.6) is 0 Å². The highest BCUT2D eigenvalue weighted by Gasteiger charge is 2.11. The fourth-order valence-electron chi connectivity index (χ4n) is 4.21. The highest BCUT2D eigenvalue weighted by atomic mass is 15.5. The van der Waals surface area contributed by atoms with Gasteiger partial charge in [-0.3, -0.25) is 0 Å². The van der Waals surface area contributed by atoms with Crippen molar-refractivity contribution < 1.29 is 0 Å². The number of tetrazole rings is 1. The number of rotatable bonds is 18. The molecule has 1 unspecified atom stereocenters. The van der Waals surface area contributed by atoms with Crippen molar-refractivity contribution in [2.75, 3.05) is 11.9 Å². The molecule has 0 saturated heterocycles. The maximum Gasteiger partial charge on any atom is 0.204 e. The van der Waals surface area contributed by atoms with Gasteiger partial charge >= 0.3 is 0 Å². The monoisotopic (exact) mass is 427 g/mol. The predicted octanol–water partition coefficient (Wildman–Crippen LogP) is 7.56. The van der Waals surface area contributed by atoms with Crippen molar-refractivity contribution in [1.29, 1.82) is 0 Å². The molecular formula is C26H45N5. The van der Waals surface area contributed by atoms with Crippen molar-refractivity contribution in [3.63, 3.8) is 0 Å². The third-order valence-corrected chi connectivity index (χ3v) is 6.51. The van der Waals surface area contributed by atoms with E-state index in [0.717, 1.165) is 5.56 Å². The number of anilines is 1. The zero-order valence-electron chi connectivity index (χ0n) is 20.3. The van der Waals surface area contributed by atoms with Gasteiger partial charge in [-0.05, 0) is 42.8 Å². The summed E-state index contributed by atoms with van der Waals surface area (Å²) in [6.07, 6.45) is 21.1. The van der Waals surface area contributed by atoms with Gasteiger partial charge in [0.1, 0.15) is 0 Å². The van der Waals surface area contributed by atoms with Crippen LogP contribution >= 0.6 is 0 Å². The first-order chi connectivity index (χ1) is 15.2. The lowest BCUT2D eigenvalue weighted by atomic mass is 10.0. The Labute approximate surface area is 190 Å². The average Bonchev–Trinajstić information content (AvgIpc) is 3.34. The fourth-order valence-corrected chi connectivity index (χ4v) is 4.21. The molecule has 2 rings (SSSR count). The molecule has 0 aliphatic carbocycles. The molecule has 0 saturated carbocycles. The van der Waals surface area contributed by atoms with Gasteiger partial charge in [0.25, 0.3) is 0 Å². The molecule has 0 aliphatic rings. The van der Waals surface area contributed by atoms with Crippen molar-refractivity contribution in [2.24, 2.45) is 0 Å². The van der Waals surface area contributed by atoms with Crippen LogP contribution in [0.25, 0.3) is 11.4 Å². The van der Waals surface area contributed by atoms with Gasteiger partial charge in [-0.25, -0.2) is 0 Å². The quantitative estimate of drug-likeness (QED) is 0.249. The number of nitrogens with one attached hydrogen (secondary N) is 1. The van der Waals surface area contributed by atoms with Crippen LogP contribution in [0, 0.1) is 0 Å². The molecule has 1 aromatic heterocycles. The third-order valence-electron chi connectivity index (χ3n) is 6.51. The minimum atomic E-state index is 0.549. The predicted molar refractivity (Wildman–Crippen MR) is 132 cm³/mol.